The summed E-state index contributed by atoms with van der Waals surface area (Å²) in [5.41, 5.74) is 0.421. The highest BCUT2D eigenvalue weighted by atomic mass is 16.6. The van der Waals surface area contributed by atoms with E-state index in [0.29, 0.717) is 12.0 Å². The molecule has 0 heterocycles. The molecule has 0 amide bonds. The van der Waals surface area contributed by atoms with Crippen molar-refractivity contribution in [1.29, 1.82) is 0 Å². The lowest BCUT2D eigenvalue weighted by atomic mass is 9.88. The predicted octanol–water partition coefficient (Wildman–Crippen LogP) is 1.87. The molecular weight excluding hydrogens is 316 g/mol. The molecule has 1 aliphatic rings. The molecule has 24 heavy (non-hydrogen) atoms. The van der Waals surface area contributed by atoms with Gasteiger partial charge in [-0.15, -0.1) is 0 Å². The molecule has 0 aliphatic heterocycles. The molecule has 1 aliphatic carbocycles. The van der Waals surface area contributed by atoms with Gasteiger partial charge in [-0.1, -0.05) is 13.3 Å². The second-order valence-corrected chi connectivity index (χ2v) is 5.72. The van der Waals surface area contributed by atoms with Crippen LogP contribution in [0.25, 0.3) is 0 Å². The van der Waals surface area contributed by atoms with Crippen molar-refractivity contribution in [1.82, 2.24) is 0 Å². The summed E-state index contributed by atoms with van der Waals surface area (Å²) < 4.78 is 15.5. The lowest BCUT2D eigenvalue weighted by molar-refractivity contribution is -0.180. The maximum absolute atomic E-state index is 12.3. The molecule has 0 aromatic rings. The summed E-state index contributed by atoms with van der Waals surface area (Å²) in [5.74, 6) is -1.84. The summed E-state index contributed by atoms with van der Waals surface area (Å²) in [4.78, 5) is 46.3. The van der Waals surface area contributed by atoms with E-state index in [1.165, 1.54) is 26.8 Å². The van der Waals surface area contributed by atoms with Crippen LogP contribution < -0.4 is 0 Å². The minimum atomic E-state index is -0.974. The molecule has 0 spiro atoms. The minimum Gasteiger partial charge on any atom is -0.458 e. The third kappa shape index (κ3) is 6.14. The van der Waals surface area contributed by atoms with Crippen LogP contribution in [-0.2, 0) is 33.4 Å². The number of Topliss-reactive ketones (excluding diaryl/α,β-unsaturated/α-hetero) is 1. The standard InChI is InChI=1S/C17H24O7/c1-5-6-7-14(21)13-8-15(22-10(2)18)17(24-12(4)20)16(9-13)23-11(3)19/h8,15-17H,5-7,9H2,1-4H3/t15-,16-,17-/m1/s1. The van der Waals surface area contributed by atoms with Gasteiger partial charge in [0.2, 0.25) is 0 Å². The molecule has 0 saturated heterocycles. The van der Waals surface area contributed by atoms with Crippen molar-refractivity contribution in [2.24, 2.45) is 0 Å². The molecule has 0 radical (unpaired) electrons. The maximum atomic E-state index is 12.3. The Morgan fingerprint density at radius 1 is 1.00 bits per heavy atom. The second-order valence-electron chi connectivity index (χ2n) is 5.72. The van der Waals surface area contributed by atoms with Gasteiger partial charge >= 0.3 is 17.9 Å². The fourth-order valence-corrected chi connectivity index (χ4v) is 2.56. The normalized spacial score (nSPS) is 23.0. The summed E-state index contributed by atoms with van der Waals surface area (Å²) in [6.45, 7) is 5.62. The van der Waals surface area contributed by atoms with E-state index in [4.69, 9.17) is 14.2 Å². The molecule has 134 valence electrons. The fraction of sp³-hybridized carbons (Fsp3) is 0.647. The van der Waals surface area contributed by atoms with Crippen molar-refractivity contribution < 1.29 is 33.4 Å². The first-order valence-electron chi connectivity index (χ1n) is 8.00. The number of ketones is 1. The summed E-state index contributed by atoms with van der Waals surface area (Å²) in [6.07, 6.45) is 0.769. The van der Waals surface area contributed by atoms with Crippen LogP contribution in [0.5, 0.6) is 0 Å². The lowest BCUT2D eigenvalue weighted by Gasteiger charge is -2.34. The van der Waals surface area contributed by atoms with Gasteiger partial charge in [0, 0.05) is 33.6 Å². The topological polar surface area (TPSA) is 96.0 Å². The van der Waals surface area contributed by atoms with Crippen LogP contribution in [0.1, 0.15) is 53.4 Å². The fourth-order valence-electron chi connectivity index (χ4n) is 2.56. The van der Waals surface area contributed by atoms with Crippen LogP contribution in [0.4, 0.5) is 0 Å². The van der Waals surface area contributed by atoms with E-state index in [-0.39, 0.29) is 12.2 Å². The van der Waals surface area contributed by atoms with Gasteiger partial charge in [-0.3, -0.25) is 19.2 Å². The van der Waals surface area contributed by atoms with E-state index in [9.17, 15) is 19.2 Å². The van der Waals surface area contributed by atoms with Crippen molar-refractivity contribution in [3.05, 3.63) is 11.6 Å². The van der Waals surface area contributed by atoms with E-state index in [1.54, 1.807) is 0 Å². The first-order valence-corrected chi connectivity index (χ1v) is 8.00. The highest BCUT2D eigenvalue weighted by Crippen LogP contribution is 2.28. The van der Waals surface area contributed by atoms with E-state index in [1.807, 2.05) is 6.92 Å². The van der Waals surface area contributed by atoms with Crippen LogP contribution >= 0.6 is 0 Å². The van der Waals surface area contributed by atoms with E-state index in [2.05, 4.69) is 0 Å². The second kappa shape index (κ2) is 9.20. The van der Waals surface area contributed by atoms with Gasteiger partial charge in [-0.05, 0) is 18.1 Å². The molecule has 7 nitrogen and oxygen atoms in total. The Kier molecular flexibility index (Phi) is 7.61. The van der Waals surface area contributed by atoms with Gasteiger partial charge in [0.1, 0.15) is 6.10 Å². The molecule has 3 atom stereocenters. The molecule has 7 heteroatoms. The van der Waals surface area contributed by atoms with Crippen molar-refractivity contribution in [3.63, 3.8) is 0 Å². The average molecular weight is 340 g/mol. The van der Waals surface area contributed by atoms with Crippen molar-refractivity contribution >= 4 is 23.7 Å². The Labute approximate surface area is 141 Å². The van der Waals surface area contributed by atoms with Crippen LogP contribution in [0.15, 0.2) is 11.6 Å². The van der Waals surface area contributed by atoms with Gasteiger partial charge in [-0.25, -0.2) is 0 Å². The average Bonchev–Trinajstić information content (AvgIpc) is 2.46. The molecule has 0 aromatic heterocycles. The molecule has 0 bridgehead atoms. The van der Waals surface area contributed by atoms with Gasteiger partial charge < -0.3 is 14.2 Å². The van der Waals surface area contributed by atoms with Gasteiger partial charge in [-0.2, -0.15) is 0 Å². The van der Waals surface area contributed by atoms with Crippen LogP contribution in [-0.4, -0.2) is 42.0 Å². The van der Waals surface area contributed by atoms with Gasteiger partial charge in [0.05, 0.1) is 0 Å². The first-order chi connectivity index (χ1) is 11.2. The number of rotatable bonds is 7. The monoisotopic (exact) mass is 340 g/mol. The Balaban J connectivity index is 3.11. The van der Waals surface area contributed by atoms with Crippen LogP contribution in [0, 0.1) is 0 Å². The molecule has 0 saturated carbocycles. The summed E-state index contributed by atoms with van der Waals surface area (Å²) >= 11 is 0. The van der Waals surface area contributed by atoms with E-state index in [0.717, 1.165) is 12.8 Å². The maximum Gasteiger partial charge on any atom is 0.303 e. The Hall–Kier alpha value is -2.18. The Morgan fingerprint density at radius 3 is 2.08 bits per heavy atom. The van der Waals surface area contributed by atoms with Gasteiger partial charge in [0.15, 0.2) is 18.0 Å². The Morgan fingerprint density at radius 2 is 1.58 bits per heavy atom. The molecule has 0 fully saturated rings. The number of hydrogen-bond acceptors (Lipinski definition) is 7. The number of esters is 3. The molecular formula is C17H24O7. The zero-order valence-electron chi connectivity index (χ0n) is 14.5. The largest absolute Gasteiger partial charge is 0.458 e. The van der Waals surface area contributed by atoms with Gasteiger partial charge in [0.25, 0.3) is 0 Å². The van der Waals surface area contributed by atoms with Crippen molar-refractivity contribution in [2.45, 2.75) is 71.7 Å². The predicted molar refractivity (Wildman–Crippen MR) is 83.9 cm³/mol. The third-order valence-corrected chi connectivity index (χ3v) is 3.51. The minimum absolute atomic E-state index is 0.0903. The zero-order valence-corrected chi connectivity index (χ0v) is 14.5. The summed E-state index contributed by atoms with van der Waals surface area (Å²) in [6, 6.07) is 0. The molecule has 0 N–H and O–H groups in total. The van der Waals surface area contributed by atoms with Crippen molar-refractivity contribution in [3.8, 4) is 0 Å². The summed E-state index contributed by atoms with van der Waals surface area (Å²) in [7, 11) is 0. The number of carbonyl (C=O) groups excluding carboxylic acids is 4. The number of ether oxygens (including phenoxy) is 3. The molecule has 1 rings (SSSR count). The highest BCUT2D eigenvalue weighted by molar-refractivity contribution is 5.95. The van der Waals surface area contributed by atoms with Crippen LogP contribution in [0.2, 0.25) is 0 Å². The van der Waals surface area contributed by atoms with E-state index >= 15 is 0 Å². The van der Waals surface area contributed by atoms with Crippen LogP contribution in [0.3, 0.4) is 0 Å². The first kappa shape index (κ1) is 19.9. The summed E-state index contributed by atoms with van der Waals surface area (Å²) in [5, 5.41) is 0. The smallest absolute Gasteiger partial charge is 0.303 e. The highest BCUT2D eigenvalue weighted by Gasteiger charge is 2.41. The number of hydrogen-bond donors (Lipinski definition) is 0. The molecule has 0 aromatic carbocycles. The number of unbranched alkanes of at least 4 members (excludes halogenated alkanes) is 1. The SMILES string of the molecule is CCCCC(=O)C1=C[C@@H](OC(C)=O)[C@@H](OC(C)=O)[C@H](OC(C)=O)C1. The lowest BCUT2D eigenvalue weighted by Crippen LogP contribution is -2.47. The zero-order chi connectivity index (χ0) is 18.3. The van der Waals surface area contributed by atoms with Crippen molar-refractivity contribution in [2.75, 3.05) is 0 Å². The Bertz CT molecular complexity index is 535. The third-order valence-electron chi connectivity index (χ3n) is 3.51. The molecule has 0 unspecified atom stereocenters. The van der Waals surface area contributed by atoms with E-state index < -0.39 is 36.2 Å². The number of carbonyl (C=O) groups is 4. The quantitative estimate of drug-likeness (QED) is 0.515.